The molecule has 0 aromatic heterocycles. The maximum atomic E-state index is 13.5. The van der Waals surface area contributed by atoms with Gasteiger partial charge in [0.05, 0.1) is 24.4 Å². The van der Waals surface area contributed by atoms with E-state index in [1.54, 1.807) is 0 Å². The number of rotatable bonds is 7. The van der Waals surface area contributed by atoms with E-state index in [0.717, 1.165) is 21.9 Å². The molecule has 1 aromatic rings. The monoisotopic (exact) mass is 424 g/mol. The van der Waals surface area contributed by atoms with E-state index >= 15 is 0 Å². The van der Waals surface area contributed by atoms with Gasteiger partial charge in [-0.05, 0) is 25.2 Å². The summed E-state index contributed by atoms with van der Waals surface area (Å²) in [6.45, 7) is -1.10. The van der Waals surface area contributed by atoms with E-state index in [1.807, 2.05) is 0 Å². The van der Waals surface area contributed by atoms with Crippen molar-refractivity contribution >= 4 is 23.2 Å². The number of alkyl halides is 5. The smallest absolute Gasteiger partial charge is 0.370 e. The maximum absolute atomic E-state index is 13.5. The van der Waals surface area contributed by atoms with E-state index in [0.29, 0.717) is 0 Å². The maximum Gasteiger partial charge on any atom is 0.418 e. The third kappa shape index (κ3) is 5.84. The molecule has 0 bridgehead atoms. The van der Waals surface area contributed by atoms with Gasteiger partial charge in [0, 0.05) is 18.8 Å². The molecule has 3 N–H and O–H groups in total. The molecule has 1 aliphatic rings. The summed E-state index contributed by atoms with van der Waals surface area (Å²) < 4.78 is 70.7. The first-order valence-electron chi connectivity index (χ1n) is 8.63. The number of anilines is 2. The van der Waals surface area contributed by atoms with Crippen LogP contribution in [0.25, 0.3) is 0 Å². The Hall–Kier alpha value is -2.31. The van der Waals surface area contributed by atoms with Crippen LogP contribution in [0.2, 0.25) is 0 Å². The van der Waals surface area contributed by atoms with Gasteiger partial charge in [-0.2, -0.15) is 13.2 Å². The summed E-state index contributed by atoms with van der Waals surface area (Å²) >= 11 is 0. The van der Waals surface area contributed by atoms with E-state index in [4.69, 9.17) is 10.5 Å². The van der Waals surface area contributed by atoms with Crippen molar-refractivity contribution in [1.29, 1.82) is 0 Å². The fourth-order valence-corrected chi connectivity index (χ4v) is 2.88. The van der Waals surface area contributed by atoms with Gasteiger partial charge in [0.1, 0.15) is 12.6 Å². The Kier molecular flexibility index (Phi) is 7.49. The minimum atomic E-state index is -4.83. The highest BCUT2D eigenvalue weighted by Gasteiger charge is 2.36. The van der Waals surface area contributed by atoms with Crippen molar-refractivity contribution < 1.29 is 36.3 Å². The van der Waals surface area contributed by atoms with Crippen molar-refractivity contribution in [2.75, 3.05) is 50.1 Å². The molecule has 2 amide bonds. The number of benzene rings is 1. The molecule has 0 saturated carbocycles. The summed E-state index contributed by atoms with van der Waals surface area (Å²) in [4.78, 5) is 26.4. The molecule has 0 spiro atoms. The van der Waals surface area contributed by atoms with Gasteiger partial charge in [-0.25, -0.2) is 8.78 Å². The van der Waals surface area contributed by atoms with Crippen LogP contribution in [0, 0.1) is 0 Å². The predicted molar refractivity (Wildman–Crippen MR) is 94.7 cm³/mol. The number of hydrogen-bond donors (Lipinski definition) is 2. The first-order chi connectivity index (χ1) is 13.5. The number of nitrogens with zero attached hydrogens (tertiary/aromatic N) is 2. The van der Waals surface area contributed by atoms with Gasteiger partial charge in [0.25, 0.3) is 12.3 Å². The number of hydrogen-bond acceptors (Lipinski definition) is 5. The third-order valence-corrected chi connectivity index (χ3v) is 4.35. The molecule has 1 fully saturated rings. The topological polar surface area (TPSA) is 87.9 Å². The SMILES string of the molecule is CN(CC(F)F)[C@H](CN)C(=O)Nc1ccc(N2CCOCC2=O)cc1C(F)(F)F. The molecule has 0 aliphatic carbocycles. The van der Waals surface area contributed by atoms with Gasteiger partial charge in [-0.15, -0.1) is 0 Å². The average molecular weight is 424 g/mol. The molecular formula is C17H21F5N4O3. The first kappa shape index (κ1) is 23.0. The number of nitrogens with two attached hydrogens (primary N) is 1. The van der Waals surface area contributed by atoms with Gasteiger partial charge >= 0.3 is 6.18 Å². The van der Waals surface area contributed by atoms with Crippen LogP contribution in [0.15, 0.2) is 18.2 Å². The number of likely N-dealkylation sites (N-methyl/N-ethyl adjacent to an activating group) is 1. The molecule has 12 heteroatoms. The minimum Gasteiger partial charge on any atom is -0.370 e. The number of halogens is 5. The number of amides is 2. The van der Waals surface area contributed by atoms with Gasteiger partial charge in [-0.1, -0.05) is 0 Å². The van der Waals surface area contributed by atoms with Crippen molar-refractivity contribution in [1.82, 2.24) is 4.90 Å². The molecule has 1 heterocycles. The van der Waals surface area contributed by atoms with Crippen LogP contribution in [0.5, 0.6) is 0 Å². The molecule has 1 saturated heterocycles. The molecular weight excluding hydrogens is 403 g/mol. The van der Waals surface area contributed by atoms with Crippen LogP contribution in [0.3, 0.4) is 0 Å². The Morgan fingerprint density at radius 2 is 2.07 bits per heavy atom. The van der Waals surface area contributed by atoms with Crippen LogP contribution >= 0.6 is 0 Å². The average Bonchev–Trinajstić information content (AvgIpc) is 2.61. The fourth-order valence-electron chi connectivity index (χ4n) is 2.88. The van der Waals surface area contributed by atoms with E-state index < -0.39 is 48.3 Å². The fraction of sp³-hybridized carbons (Fsp3) is 0.529. The molecule has 29 heavy (non-hydrogen) atoms. The Balaban J connectivity index is 2.29. The number of ether oxygens (including phenoxy) is 1. The summed E-state index contributed by atoms with van der Waals surface area (Å²) in [6, 6.07) is 1.78. The molecule has 0 radical (unpaired) electrons. The van der Waals surface area contributed by atoms with E-state index in [2.05, 4.69) is 5.32 Å². The normalized spacial score (nSPS) is 16.4. The second kappa shape index (κ2) is 9.46. The van der Waals surface area contributed by atoms with Gasteiger partial charge < -0.3 is 20.7 Å². The molecule has 1 aromatic carbocycles. The lowest BCUT2D eigenvalue weighted by atomic mass is 10.1. The minimum absolute atomic E-state index is 0.00816. The second-order valence-electron chi connectivity index (χ2n) is 6.40. The first-order valence-corrected chi connectivity index (χ1v) is 8.63. The van der Waals surface area contributed by atoms with Crippen LogP contribution < -0.4 is 16.0 Å². The van der Waals surface area contributed by atoms with Gasteiger partial charge in [0.15, 0.2) is 0 Å². The van der Waals surface area contributed by atoms with Crippen molar-refractivity contribution in [3.05, 3.63) is 23.8 Å². The zero-order valence-corrected chi connectivity index (χ0v) is 15.5. The lowest BCUT2D eigenvalue weighted by Gasteiger charge is -2.28. The highest BCUT2D eigenvalue weighted by atomic mass is 19.4. The zero-order valence-electron chi connectivity index (χ0n) is 15.5. The molecule has 162 valence electrons. The van der Waals surface area contributed by atoms with Crippen LogP contribution in [-0.2, 0) is 20.5 Å². The predicted octanol–water partition coefficient (Wildman–Crippen LogP) is 1.53. The summed E-state index contributed by atoms with van der Waals surface area (Å²) in [5, 5.41) is 2.11. The third-order valence-electron chi connectivity index (χ3n) is 4.35. The lowest BCUT2D eigenvalue weighted by molar-refractivity contribution is -0.137. The van der Waals surface area contributed by atoms with Crippen molar-refractivity contribution in [3.8, 4) is 0 Å². The molecule has 0 unspecified atom stereocenters. The van der Waals surface area contributed by atoms with Crippen molar-refractivity contribution in [2.24, 2.45) is 5.73 Å². The second-order valence-corrected chi connectivity index (χ2v) is 6.40. The van der Waals surface area contributed by atoms with Crippen LogP contribution in [0.4, 0.5) is 33.3 Å². The molecule has 1 aliphatic heterocycles. The van der Waals surface area contributed by atoms with Crippen LogP contribution in [0.1, 0.15) is 5.56 Å². The summed E-state index contributed by atoms with van der Waals surface area (Å²) in [7, 11) is 1.22. The Morgan fingerprint density at radius 3 is 2.62 bits per heavy atom. The molecule has 2 rings (SSSR count). The highest BCUT2D eigenvalue weighted by molar-refractivity contribution is 5.97. The van der Waals surface area contributed by atoms with Crippen molar-refractivity contribution in [3.63, 3.8) is 0 Å². The van der Waals surface area contributed by atoms with Crippen LogP contribution in [-0.4, -0.2) is 69.1 Å². The van der Waals surface area contributed by atoms with E-state index in [9.17, 15) is 31.5 Å². The van der Waals surface area contributed by atoms with E-state index in [1.165, 1.54) is 13.1 Å². The van der Waals surface area contributed by atoms with E-state index in [-0.39, 0.29) is 32.0 Å². The standard InChI is InChI=1S/C17H21F5N4O3/c1-25(8-14(18)19)13(7-23)16(28)24-12-3-2-10(6-11(12)17(20,21)22)26-4-5-29-9-15(26)27/h2-3,6,13-14H,4-5,7-9,23H2,1H3,(H,24,28)/t13-/m1/s1. The molecule has 7 nitrogen and oxygen atoms in total. The van der Waals surface area contributed by atoms with Gasteiger partial charge in [-0.3, -0.25) is 14.5 Å². The molecule has 1 atom stereocenters. The Bertz CT molecular complexity index is 744. The Labute approximate surface area is 163 Å². The summed E-state index contributed by atoms with van der Waals surface area (Å²) in [5.74, 6) is -1.44. The number of carbonyl (C=O) groups excluding carboxylic acids is 2. The number of morpholine rings is 1. The van der Waals surface area contributed by atoms with Gasteiger partial charge in [0.2, 0.25) is 5.91 Å². The number of carbonyl (C=O) groups is 2. The lowest BCUT2D eigenvalue weighted by Crippen LogP contribution is -2.48. The zero-order chi connectivity index (χ0) is 21.8. The largest absolute Gasteiger partial charge is 0.418 e. The highest BCUT2D eigenvalue weighted by Crippen LogP contribution is 2.37. The number of nitrogens with one attached hydrogen (secondary N) is 1. The van der Waals surface area contributed by atoms with Crippen molar-refractivity contribution in [2.45, 2.75) is 18.6 Å². The summed E-state index contributed by atoms with van der Waals surface area (Å²) in [5.41, 5.74) is 3.72. The summed E-state index contributed by atoms with van der Waals surface area (Å²) in [6.07, 6.45) is -7.57. The Morgan fingerprint density at radius 1 is 1.38 bits per heavy atom. The quantitative estimate of drug-likeness (QED) is 0.649.